The minimum Gasteiger partial charge on any atom is -0.331 e. The van der Waals surface area contributed by atoms with Gasteiger partial charge in [-0.3, -0.25) is 9.78 Å². The predicted octanol–water partition coefficient (Wildman–Crippen LogP) is 3.07. The number of amides is 1. The van der Waals surface area contributed by atoms with Crippen molar-refractivity contribution in [2.24, 2.45) is 0 Å². The van der Waals surface area contributed by atoms with Crippen molar-refractivity contribution in [1.29, 1.82) is 0 Å². The summed E-state index contributed by atoms with van der Waals surface area (Å²) in [6, 6.07) is 3.87. The smallest absolute Gasteiger partial charge is 0.290 e. The molecule has 1 aliphatic rings. The van der Waals surface area contributed by atoms with E-state index in [1.807, 2.05) is 30.9 Å². The Labute approximate surface area is 143 Å². The number of carbonyl (C=O) groups is 1. The molecule has 0 saturated heterocycles. The van der Waals surface area contributed by atoms with Crippen LogP contribution in [0.3, 0.4) is 0 Å². The summed E-state index contributed by atoms with van der Waals surface area (Å²) in [4.78, 5) is 30.7. The summed E-state index contributed by atoms with van der Waals surface area (Å²) in [5.74, 6) is 0.118. The molecule has 4 heterocycles. The van der Waals surface area contributed by atoms with Gasteiger partial charge in [-0.25, -0.2) is 9.97 Å². The fraction of sp³-hybridized carbons (Fsp3) is 0.294. The number of nitrogens with zero attached hydrogens (tertiary/aromatic N) is 4. The summed E-state index contributed by atoms with van der Waals surface area (Å²) in [7, 11) is 0. The molecule has 0 unspecified atom stereocenters. The molecule has 0 saturated carbocycles. The van der Waals surface area contributed by atoms with Crippen LogP contribution in [-0.2, 0) is 6.42 Å². The fourth-order valence-corrected chi connectivity index (χ4v) is 3.35. The number of imidazole rings is 1. The van der Waals surface area contributed by atoms with Crippen LogP contribution >= 0.6 is 11.6 Å². The first-order valence-electron chi connectivity index (χ1n) is 7.82. The van der Waals surface area contributed by atoms with Crippen LogP contribution in [0.5, 0.6) is 0 Å². The molecule has 4 rings (SSSR count). The van der Waals surface area contributed by atoms with Crippen LogP contribution < -0.4 is 0 Å². The molecule has 0 aliphatic carbocycles. The van der Waals surface area contributed by atoms with Crippen molar-refractivity contribution < 1.29 is 4.79 Å². The quantitative estimate of drug-likeness (QED) is 0.738. The van der Waals surface area contributed by atoms with E-state index in [9.17, 15) is 4.79 Å². The van der Waals surface area contributed by atoms with E-state index >= 15 is 0 Å². The van der Waals surface area contributed by atoms with Crippen molar-refractivity contribution in [3.05, 3.63) is 52.2 Å². The van der Waals surface area contributed by atoms with E-state index in [-0.39, 0.29) is 17.8 Å². The van der Waals surface area contributed by atoms with Crippen molar-refractivity contribution in [3.8, 4) is 0 Å². The second kappa shape index (κ2) is 5.56. The Hall–Kier alpha value is -2.47. The van der Waals surface area contributed by atoms with Gasteiger partial charge in [-0.05, 0) is 31.0 Å². The standard InChI is InChI=1S/C17H16ClN5O/c1-9-8-20-15-14(13(9)18)21-16(22-15)17(24)23-7-5-12-11(10(23)2)4-3-6-19-12/h3-4,6,8,10H,5,7H2,1-2H3,(H,20,21,22)/t10-/m1/s1. The summed E-state index contributed by atoms with van der Waals surface area (Å²) >= 11 is 6.28. The van der Waals surface area contributed by atoms with E-state index in [1.54, 1.807) is 12.4 Å². The Kier molecular flexibility index (Phi) is 3.49. The average molecular weight is 342 g/mol. The molecule has 0 fully saturated rings. The SMILES string of the molecule is Cc1cnc2nc(C(=O)N3CCc4ncccc4[C@H]3C)[nH]c2c1Cl. The highest BCUT2D eigenvalue weighted by molar-refractivity contribution is 6.35. The highest BCUT2D eigenvalue weighted by atomic mass is 35.5. The Morgan fingerprint density at radius 1 is 1.42 bits per heavy atom. The molecule has 1 amide bonds. The van der Waals surface area contributed by atoms with Gasteiger partial charge in [0.1, 0.15) is 5.52 Å². The molecule has 122 valence electrons. The summed E-state index contributed by atoms with van der Waals surface area (Å²) in [5.41, 5.74) is 4.05. The lowest BCUT2D eigenvalue weighted by molar-refractivity contribution is 0.0665. The van der Waals surface area contributed by atoms with Crippen LogP contribution in [0, 0.1) is 6.92 Å². The lowest BCUT2D eigenvalue weighted by Crippen LogP contribution is -2.39. The Morgan fingerprint density at radius 2 is 2.25 bits per heavy atom. The van der Waals surface area contributed by atoms with Gasteiger partial charge < -0.3 is 9.88 Å². The second-order valence-corrected chi connectivity index (χ2v) is 6.38. The van der Waals surface area contributed by atoms with E-state index in [1.165, 1.54) is 0 Å². The third-order valence-electron chi connectivity index (χ3n) is 4.53. The van der Waals surface area contributed by atoms with Gasteiger partial charge in [-0.1, -0.05) is 17.7 Å². The van der Waals surface area contributed by atoms with E-state index in [0.29, 0.717) is 22.7 Å². The zero-order valence-electron chi connectivity index (χ0n) is 13.4. The first-order valence-corrected chi connectivity index (χ1v) is 8.19. The zero-order chi connectivity index (χ0) is 16.8. The van der Waals surface area contributed by atoms with Crippen molar-refractivity contribution in [2.75, 3.05) is 6.54 Å². The lowest BCUT2D eigenvalue weighted by Gasteiger charge is -2.34. The maximum atomic E-state index is 12.9. The van der Waals surface area contributed by atoms with Crippen molar-refractivity contribution in [2.45, 2.75) is 26.3 Å². The Morgan fingerprint density at radius 3 is 3.08 bits per heavy atom. The molecule has 24 heavy (non-hydrogen) atoms. The highest BCUT2D eigenvalue weighted by Crippen LogP contribution is 2.30. The number of pyridine rings is 2. The molecule has 6 nitrogen and oxygen atoms in total. The number of rotatable bonds is 1. The Bertz CT molecular complexity index is 951. The topological polar surface area (TPSA) is 74.8 Å². The van der Waals surface area contributed by atoms with E-state index in [4.69, 9.17) is 11.6 Å². The maximum Gasteiger partial charge on any atom is 0.290 e. The molecule has 0 spiro atoms. The van der Waals surface area contributed by atoms with Crippen LogP contribution in [0.2, 0.25) is 5.02 Å². The number of aromatic nitrogens is 4. The van der Waals surface area contributed by atoms with Crippen LogP contribution in [-0.4, -0.2) is 37.3 Å². The predicted molar refractivity (Wildman–Crippen MR) is 91.0 cm³/mol. The number of hydrogen-bond acceptors (Lipinski definition) is 4. The summed E-state index contributed by atoms with van der Waals surface area (Å²) in [6.45, 7) is 4.49. The molecule has 0 radical (unpaired) electrons. The van der Waals surface area contributed by atoms with Gasteiger partial charge in [-0.2, -0.15) is 0 Å². The van der Waals surface area contributed by atoms with Crippen molar-refractivity contribution in [3.63, 3.8) is 0 Å². The van der Waals surface area contributed by atoms with Crippen molar-refractivity contribution >= 4 is 28.7 Å². The van der Waals surface area contributed by atoms with E-state index < -0.39 is 0 Å². The van der Waals surface area contributed by atoms with Gasteiger partial charge in [0.25, 0.3) is 5.91 Å². The van der Waals surface area contributed by atoms with E-state index in [2.05, 4.69) is 19.9 Å². The van der Waals surface area contributed by atoms with Crippen molar-refractivity contribution in [1.82, 2.24) is 24.8 Å². The number of aromatic amines is 1. The number of hydrogen-bond donors (Lipinski definition) is 1. The molecule has 0 bridgehead atoms. The summed E-state index contributed by atoms with van der Waals surface area (Å²) < 4.78 is 0. The molecule has 7 heteroatoms. The number of fused-ring (bicyclic) bond motifs is 2. The zero-order valence-corrected chi connectivity index (χ0v) is 14.1. The van der Waals surface area contributed by atoms with Crippen LogP contribution in [0.4, 0.5) is 0 Å². The molecule has 1 atom stereocenters. The normalized spacial score (nSPS) is 17.1. The minimum absolute atomic E-state index is 0.0478. The monoisotopic (exact) mass is 341 g/mol. The molecule has 3 aromatic heterocycles. The van der Waals surface area contributed by atoms with Crippen LogP contribution in [0.1, 0.15) is 40.4 Å². The number of H-pyrrole nitrogens is 1. The van der Waals surface area contributed by atoms with Gasteiger partial charge in [0.2, 0.25) is 0 Å². The fourth-order valence-electron chi connectivity index (χ4n) is 3.16. The molecule has 0 aromatic carbocycles. The molecule has 1 aliphatic heterocycles. The van der Waals surface area contributed by atoms with Gasteiger partial charge in [-0.15, -0.1) is 0 Å². The van der Waals surface area contributed by atoms with Gasteiger partial charge in [0.05, 0.1) is 11.1 Å². The molecular formula is C17H16ClN5O. The number of carbonyl (C=O) groups excluding carboxylic acids is 1. The van der Waals surface area contributed by atoms with Crippen LogP contribution in [0.25, 0.3) is 11.2 Å². The summed E-state index contributed by atoms with van der Waals surface area (Å²) in [5, 5.41) is 0.549. The third kappa shape index (κ3) is 2.26. The molecular weight excluding hydrogens is 326 g/mol. The minimum atomic E-state index is -0.149. The third-order valence-corrected chi connectivity index (χ3v) is 5.01. The first kappa shape index (κ1) is 15.1. The van der Waals surface area contributed by atoms with Gasteiger partial charge in [0, 0.05) is 31.1 Å². The number of nitrogens with one attached hydrogen (secondary N) is 1. The number of aryl methyl sites for hydroxylation is 1. The maximum absolute atomic E-state index is 12.9. The molecule has 3 aromatic rings. The van der Waals surface area contributed by atoms with Crippen LogP contribution in [0.15, 0.2) is 24.5 Å². The second-order valence-electron chi connectivity index (χ2n) is 6.00. The first-order chi connectivity index (χ1) is 11.6. The largest absolute Gasteiger partial charge is 0.331 e. The van der Waals surface area contributed by atoms with Gasteiger partial charge in [0.15, 0.2) is 11.5 Å². The number of halogens is 1. The molecule has 1 N–H and O–H groups in total. The van der Waals surface area contributed by atoms with Gasteiger partial charge >= 0.3 is 0 Å². The Balaban J connectivity index is 1.71. The highest BCUT2D eigenvalue weighted by Gasteiger charge is 2.30. The lowest BCUT2D eigenvalue weighted by atomic mass is 9.98. The summed E-state index contributed by atoms with van der Waals surface area (Å²) in [6.07, 6.45) is 4.19. The van der Waals surface area contributed by atoms with E-state index in [0.717, 1.165) is 23.2 Å². The average Bonchev–Trinajstić information content (AvgIpc) is 3.03.